The Balaban J connectivity index is 2.40. The van der Waals surface area contributed by atoms with Crippen molar-refractivity contribution in [3.8, 4) is 0 Å². The molecule has 7 heteroatoms. The Hall–Kier alpha value is -2.05. The number of ether oxygens (including phenoxy) is 2. The van der Waals surface area contributed by atoms with Crippen LogP contribution in [0, 0.1) is 0 Å². The fourth-order valence-electron chi connectivity index (χ4n) is 1.54. The molecule has 0 aliphatic carbocycles. The number of methoxy groups -OCH3 is 1. The summed E-state index contributed by atoms with van der Waals surface area (Å²) in [6.07, 6.45) is 1.41. The van der Waals surface area contributed by atoms with Gasteiger partial charge in [0.25, 0.3) is 0 Å². The quantitative estimate of drug-likeness (QED) is 0.840. The molecule has 0 saturated heterocycles. The highest BCUT2D eigenvalue weighted by molar-refractivity contribution is 5.86. The van der Waals surface area contributed by atoms with E-state index >= 15 is 0 Å². The predicted molar refractivity (Wildman–Crippen MR) is 75.1 cm³/mol. The summed E-state index contributed by atoms with van der Waals surface area (Å²) in [5.74, 6) is -0.149. The fraction of sp³-hybridized carbons (Fsp3) is 0.643. The minimum atomic E-state index is -0.538. The van der Waals surface area contributed by atoms with E-state index in [0.717, 1.165) is 0 Å². The molecule has 1 heterocycles. The van der Waals surface area contributed by atoms with Crippen LogP contribution in [0.3, 0.4) is 0 Å². The van der Waals surface area contributed by atoms with Crippen LogP contribution in [0.25, 0.3) is 0 Å². The minimum absolute atomic E-state index is 0.0432. The zero-order valence-corrected chi connectivity index (χ0v) is 13.1. The first kappa shape index (κ1) is 17.0. The molecule has 1 aromatic heterocycles. The Labute approximate surface area is 124 Å². The van der Waals surface area contributed by atoms with Crippen LogP contribution in [-0.4, -0.2) is 36.3 Å². The third-order valence-electron chi connectivity index (χ3n) is 2.58. The molecule has 0 spiro atoms. The van der Waals surface area contributed by atoms with E-state index in [1.807, 2.05) is 6.92 Å². The largest absolute Gasteiger partial charge is 0.464 e. The molecule has 1 aromatic rings. The van der Waals surface area contributed by atoms with Crippen LogP contribution in [0.5, 0.6) is 0 Å². The topological polar surface area (TPSA) is 90.7 Å². The van der Waals surface area contributed by atoms with Gasteiger partial charge >= 0.3 is 12.1 Å². The van der Waals surface area contributed by atoms with Gasteiger partial charge in [0.2, 0.25) is 0 Å². The van der Waals surface area contributed by atoms with Crippen molar-refractivity contribution in [2.75, 3.05) is 13.7 Å². The maximum Gasteiger partial charge on any atom is 0.407 e. The van der Waals surface area contributed by atoms with Gasteiger partial charge in [0.05, 0.1) is 7.11 Å². The molecule has 0 fully saturated rings. The Morgan fingerprint density at radius 1 is 1.43 bits per heavy atom. The molecule has 21 heavy (non-hydrogen) atoms. The molecule has 1 rings (SSSR count). The monoisotopic (exact) mass is 298 g/mol. The van der Waals surface area contributed by atoms with Crippen LogP contribution in [0.1, 0.15) is 56.4 Å². The first-order valence-electron chi connectivity index (χ1n) is 6.73. The minimum Gasteiger partial charge on any atom is -0.464 e. The SMILES string of the molecule is COC(=O)c1coc([C@H](C)CCNC(=O)OC(C)(C)C)n1. The van der Waals surface area contributed by atoms with Gasteiger partial charge in [-0.15, -0.1) is 0 Å². The molecule has 7 nitrogen and oxygen atoms in total. The molecule has 0 radical (unpaired) electrons. The van der Waals surface area contributed by atoms with Gasteiger partial charge < -0.3 is 19.2 Å². The average Bonchev–Trinajstić information content (AvgIpc) is 2.85. The standard InChI is InChI=1S/C14H22N2O5/c1-9(6-7-15-13(18)21-14(2,3)4)11-16-10(8-20-11)12(17)19-5/h8-9H,6-7H2,1-5H3,(H,15,18)/t9-/m1/s1. The number of nitrogens with zero attached hydrogens (tertiary/aromatic N) is 1. The average molecular weight is 298 g/mol. The number of oxazole rings is 1. The van der Waals surface area contributed by atoms with E-state index in [1.54, 1.807) is 20.8 Å². The van der Waals surface area contributed by atoms with Crippen LogP contribution >= 0.6 is 0 Å². The molecule has 0 bridgehead atoms. The van der Waals surface area contributed by atoms with Crippen molar-refractivity contribution in [2.24, 2.45) is 0 Å². The molecule has 118 valence electrons. The normalized spacial score (nSPS) is 12.6. The summed E-state index contributed by atoms with van der Waals surface area (Å²) in [6, 6.07) is 0. The third kappa shape index (κ3) is 5.85. The number of esters is 1. The zero-order valence-electron chi connectivity index (χ0n) is 13.1. The number of amides is 1. The molecule has 0 aromatic carbocycles. The molecule has 0 unspecified atom stereocenters. The number of hydrogen-bond donors (Lipinski definition) is 1. The molecular formula is C14H22N2O5. The number of hydrogen-bond acceptors (Lipinski definition) is 6. The van der Waals surface area contributed by atoms with Gasteiger partial charge in [-0.2, -0.15) is 0 Å². The van der Waals surface area contributed by atoms with Gasteiger partial charge in [0.15, 0.2) is 11.6 Å². The molecule has 1 N–H and O–H groups in total. The van der Waals surface area contributed by atoms with Crippen molar-refractivity contribution in [1.82, 2.24) is 10.3 Å². The van der Waals surface area contributed by atoms with E-state index < -0.39 is 17.7 Å². The van der Waals surface area contributed by atoms with Gasteiger partial charge in [-0.05, 0) is 27.2 Å². The summed E-state index contributed by atoms with van der Waals surface area (Å²) in [5, 5.41) is 2.66. The second-order valence-electron chi connectivity index (χ2n) is 5.68. The number of carbonyl (C=O) groups is 2. The van der Waals surface area contributed by atoms with E-state index in [9.17, 15) is 9.59 Å². The van der Waals surface area contributed by atoms with E-state index in [-0.39, 0.29) is 11.6 Å². The Kier molecular flexibility index (Phi) is 5.75. The van der Waals surface area contributed by atoms with Crippen molar-refractivity contribution in [2.45, 2.75) is 45.6 Å². The number of nitrogens with one attached hydrogen (secondary N) is 1. The highest BCUT2D eigenvalue weighted by atomic mass is 16.6. The highest BCUT2D eigenvalue weighted by Gasteiger charge is 2.18. The molecule has 1 atom stereocenters. The van der Waals surface area contributed by atoms with Gasteiger partial charge in [-0.1, -0.05) is 6.92 Å². The number of alkyl carbamates (subject to hydrolysis) is 1. The van der Waals surface area contributed by atoms with Gasteiger partial charge in [-0.25, -0.2) is 14.6 Å². The fourth-order valence-corrected chi connectivity index (χ4v) is 1.54. The van der Waals surface area contributed by atoms with Crippen LogP contribution in [0.4, 0.5) is 4.79 Å². The highest BCUT2D eigenvalue weighted by Crippen LogP contribution is 2.18. The Morgan fingerprint density at radius 3 is 2.67 bits per heavy atom. The van der Waals surface area contributed by atoms with E-state index in [2.05, 4.69) is 15.0 Å². The lowest BCUT2D eigenvalue weighted by Crippen LogP contribution is -2.33. The van der Waals surface area contributed by atoms with Gasteiger partial charge in [0, 0.05) is 12.5 Å². The van der Waals surface area contributed by atoms with Crippen LogP contribution < -0.4 is 5.32 Å². The summed E-state index contributed by atoms with van der Waals surface area (Å²) >= 11 is 0. The number of rotatable bonds is 5. The van der Waals surface area contributed by atoms with E-state index in [4.69, 9.17) is 9.15 Å². The van der Waals surface area contributed by atoms with Crippen LogP contribution in [0.15, 0.2) is 10.7 Å². The summed E-state index contributed by atoms with van der Waals surface area (Å²) in [7, 11) is 1.28. The molecule has 0 saturated carbocycles. The lowest BCUT2D eigenvalue weighted by molar-refractivity contribution is 0.0525. The van der Waals surface area contributed by atoms with Crippen LogP contribution in [0.2, 0.25) is 0 Å². The van der Waals surface area contributed by atoms with Crippen molar-refractivity contribution in [1.29, 1.82) is 0 Å². The number of carbonyl (C=O) groups excluding carboxylic acids is 2. The summed E-state index contributed by atoms with van der Waals surface area (Å²) < 4.78 is 14.9. The van der Waals surface area contributed by atoms with Gasteiger partial charge in [0.1, 0.15) is 11.9 Å². The summed E-state index contributed by atoms with van der Waals surface area (Å²) in [4.78, 5) is 26.8. The first-order valence-corrected chi connectivity index (χ1v) is 6.73. The predicted octanol–water partition coefficient (Wildman–Crippen LogP) is 2.48. The van der Waals surface area contributed by atoms with Crippen molar-refractivity contribution in [3.63, 3.8) is 0 Å². The van der Waals surface area contributed by atoms with Crippen molar-refractivity contribution in [3.05, 3.63) is 17.8 Å². The summed E-state index contributed by atoms with van der Waals surface area (Å²) in [6.45, 7) is 7.72. The van der Waals surface area contributed by atoms with Crippen molar-refractivity contribution >= 4 is 12.1 Å². The van der Waals surface area contributed by atoms with Crippen molar-refractivity contribution < 1.29 is 23.5 Å². The maximum absolute atomic E-state index is 11.5. The van der Waals surface area contributed by atoms with Gasteiger partial charge in [-0.3, -0.25) is 0 Å². The molecule has 0 aliphatic rings. The molecular weight excluding hydrogens is 276 g/mol. The third-order valence-corrected chi connectivity index (χ3v) is 2.58. The molecule has 1 amide bonds. The van der Waals surface area contributed by atoms with E-state index in [0.29, 0.717) is 18.9 Å². The molecule has 0 aliphatic heterocycles. The second kappa shape index (κ2) is 7.10. The second-order valence-corrected chi connectivity index (χ2v) is 5.68. The maximum atomic E-state index is 11.5. The summed E-state index contributed by atoms with van der Waals surface area (Å²) in [5.41, 5.74) is -0.382. The van der Waals surface area contributed by atoms with Crippen LogP contribution in [-0.2, 0) is 9.47 Å². The Bertz CT molecular complexity index is 490. The lowest BCUT2D eigenvalue weighted by Gasteiger charge is -2.19. The van der Waals surface area contributed by atoms with E-state index in [1.165, 1.54) is 13.4 Å². The zero-order chi connectivity index (χ0) is 16.0. The smallest absolute Gasteiger partial charge is 0.407 e. The first-order chi connectivity index (χ1) is 9.73. The number of aromatic nitrogens is 1. The Morgan fingerprint density at radius 2 is 2.10 bits per heavy atom. The lowest BCUT2D eigenvalue weighted by atomic mass is 10.1.